The Balaban J connectivity index is 2.78. The number of hydrogen-bond donors (Lipinski definition) is 0. The Labute approximate surface area is 77.0 Å². The van der Waals surface area contributed by atoms with Gasteiger partial charge in [0.25, 0.3) is 4.92 Å². The van der Waals surface area contributed by atoms with Crippen molar-refractivity contribution < 1.29 is 19.7 Å². The highest BCUT2D eigenvalue weighted by molar-refractivity contribution is 6.32. The van der Waals surface area contributed by atoms with Gasteiger partial charge in [-0.15, -0.1) is 4.84 Å². The molecule has 6 heteroatoms. The average molecular weight is 200 g/mol. The van der Waals surface area contributed by atoms with Gasteiger partial charge in [0, 0.05) is 5.02 Å². The second-order valence-corrected chi connectivity index (χ2v) is 2.82. The van der Waals surface area contributed by atoms with Gasteiger partial charge >= 0.3 is 11.7 Å². The molecular formula is C7H2ClNO4. The molecule has 2 rings (SSSR count). The zero-order valence-corrected chi connectivity index (χ0v) is 6.87. The van der Waals surface area contributed by atoms with Crippen LogP contribution in [0.5, 0.6) is 5.75 Å². The van der Waals surface area contributed by atoms with Crippen LogP contribution in [0.3, 0.4) is 0 Å². The zero-order valence-electron chi connectivity index (χ0n) is 6.11. The van der Waals surface area contributed by atoms with E-state index >= 15 is 0 Å². The van der Waals surface area contributed by atoms with Crippen LogP contribution in [-0.4, -0.2) is 10.9 Å². The minimum atomic E-state index is -0.834. The number of nitrogens with zero attached hydrogens (tertiary/aromatic N) is 1. The minimum absolute atomic E-state index is 0.0515. The first-order chi connectivity index (χ1) is 6.11. The third-order valence-corrected chi connectivity index (χ3v) is 1.95. The molecule has 0 aromatic heterocycles. The number of hydrogen-bond acceptors (Lipinski definition) is 4. The number of fused-ring (bicyclic) bond motifs is 1. The van der Waals surface area contributed by atoms with Gasteiger partial charge in [0.05, 0.1) is 4.91 Å². The Bertz CT molecular complexity index is 429. The van der Waals surface area contributed by atoms with Crippen LogP contribution in [0.2, 0.25) is 5.02 Å². The summed E-state index contributed by atoms with van der Waals surface area (Å²) in [5.41, 5.74) is -0.401. The average Bonchev–Trinajstić information content (AvgIpc) is 2.35. The summed E-state index contributed by atoms with van der Waals surface area (Å²) in [6, 6.07) is 2.53. The number of halogens is 1. The molecule has 1 aliphatic heterocycles. The molecule has 0 N–H and O–H groups in total. The van der Waals surface area contributed by atoms with Crippen molar-refractivity contribution >= 4 is 23.3 Å². The van der Waals surface area contributed by atoms with Gasteiger partial charge < -0.3 is 5.11 Å². The lowest BCUT2D eigenvalue weighted by atomic mass is 10.2. The van der Waals surface area contributed by atoms with Gasteiger partial charge in [0.15, 0.2) is 0 Å². The molecule has 1 heterocycles. The molecule has 0 saturated heterocycles. The van der Waals surface area contributed by atoms with Crippen LogP contribution in [-0.2, 0) is 4.84 Å². The van der Waals surface area contributed by atoms with Crippen molar-refractivity contribution in [3.05, 3.63) is 27.6 Å². The standard InChI is InChI=1S/C7H2ClNO4/c8-4-2-1-3-5(6(4)10)9(12)13-7(3)11/h1-2H. The molecule has 0 radical (unpaired) electrons. The van der Waals surface area contributed by atoms with Crippen molar-refractivity contribution in [1.29, 1.82) is 0 Å². The SMILES string of the molecule is O=C1O[N+](=O)c2c1ccc(Cl)c2[O-]. The Morgan fingerprint density at radius 1 is 1.46 bits per heavy atom. The Kier molecular flexibility index (Phi) is 1.50. The van der Waals surface area contributed by atoms with Crippen molar-refractivity contribution in [1.82, 2.24) is 0 Å². The maximum absolute atomic E-state index is 11.2. The third-order valence-electron chi connectivity index (χ3n) is 1.65. The topological polar surface area (TPSA) is 69.4 Å². The molecule has 0 saturated carbocycles. The van der Waals surface area contributed by atoms with Crippen LogP contribution in [0.1, 0.15) is 10.4 Å². The molecule has 0 aliphatic carbocycles. The van der Waals surface area contributed by atoms with Crippen LogP contribution >= 0.6 is 11.6 Å². The van der Waals surface area contributed by atoms with E-state index < -0.39 is 11.7 Å². The highest BCUT2D eigenvalue weighted by Gasteiger charge is 2.40. The smallest absolute Gasteiger partial charge is 0.423 e. The molecule has 66 valence electrons. The Morgan fingerprint density at radius 2 is 2.15 bits per heavy atom. The molecule has 0 spiro atoms. The molecule has 0 unspecified atom stereocenters. The maximum Gasteiger partial charge on any atom is 0.423 e. The summed E-state index contributed by atoms with van der Waals surface area (Å²) < 4.78 is 0. The molecule has 1 aromatic rings. The van der Waals surface area contributed by atoms with E-state index in [-0.39, 0.29) is 21.2 Å². The number of benzene rings is 1. The Hall–Kier alpha value is -1.62. The van der Waals surface area contributed by atoms with Crippen LogP contribution in [0, 0.1) is 4.91 Å². The monoisotopic (exact) mass is 199 g/mol. The van der Waals surface area contributed by atoms with E-state index in [1.807, 2.05) is 0 Å². The van der Waals surface area contributed by atoms with Crippen LogP contribution in [0.15, 0.2) is 12.1 Å². The molecule has 1 aliphatic rings. The summed E-state index contributed by atoms with van der Waals surface area (Å²) in [6.07, 6.45) is 0. The van der Waals surface area contributed by atoms with Gasteiger partial charge in [-0.05, 0) is 17.9 Å². The number of rotatable bonds is 0. The van der Waals surface area contributed by atoms with Crippen LogP contribution < -0.4 is 5.11 Å². The van der Waals surface area contributed by atoms with Gasteiger partial charge in [-0.2, -0.15) is 0 Å². The van der Waals surface area contributed by atoms with E-state index in [2.05, 4.69) is 4.84 Å². The Morgan fingerprint density at radius 3 is 2.85 bits per heavy atom. The summed E-state index contributed by atoms with van der Waals surface area (Å²) in [5.74, 6) is -1.53. The van der Waals surface area contributed by atoms with Gasteiger partial charge in [-0.25, -0.2) is 4.79 Å². The normalized spacial score (nSPS) is 14.2. The molecule has 5 nitrogen and oxygen atoms in total. The van der Waals surface area contributed by atoms with Crippen LogP contribution in [0.4, 0.5) is 5.69 Å². The summed E-state index contributed by atoms with van der Waals surface area (Å²) >= 11 is 5.46. The largest absolute Gasteiger partial charge is 0.867 e. The molecule has 1 aromatic carbocycles. The second-order valence-electron chi connectivity index (χ2n) is 2.41. The fraction of sp³-hybridized carbons (Fsp3) is 0. The summed E-state index contributed by atoms with van der Waals surface area (Å²) in [6.45, 7) is 0. The fourth-order valence-electron chi connectivity index (χ4n) is 1.06. The summed E-state index contributed by atoms with van der Waals surface area (Å²) in [4.78, 5) is 25.8. The van der Waals surface area contributed by atoms with E-state index in [1.54, 1.807) is 0 Å². The van der Waals surface area contributed by atoms with E-state index in [0.717, 1.165) is 0 Å². The van der Waals surface area contributed by atoms with Gasteiger partial charge in [-0.1, -0.05) is 11.6 Å². The first-order valence-corrected chi connectivity index (χ1v) is 3.68. The van der Waals surface area contributed by atoms with Gasteiger partial charge in [-0.3, -0.25) is 0 Å². The molecule has 0 amide bonds. The zero-order chi connectivity index (χ0) is 9.59. The lowest BCUT2D eigenvalue weighted by molar-refractivity contribution is -0.708. The lowest BCUT2D eigenvalue weighted by Gasteiger charge is -2.03. The third kappa shape index (κ3) is 0.972. The van der Waals surface area contributed by atoms with Gasteiger partial charge in [0.1, 0.15) is 5.56 Å². The quantitative estimate of drug-likeness (QED) is 0.623. The number of carbonyl (C=O) groups is 1. The van der Waals surface area contributed by atoms with Gasteiger partial charge in [0.2, 0.25) is 0 Å². The highest BCUT2D eigenvalue weighted by atomic mass is 35.5. The first-order valence-electron chi connectivity index (χ1n) is 3.30. The molecule has 0 fully saturated rings. The lowest BCUT2D eigenvalue weighted by Crippen LogP contribution is -1.99. The summed E-state index contributed by atoms with van der Waals surface area (Å²) in [5, 5.41) is 11.1. The highest BCUT2D eigenvalue weighted by Crippen LogP contribution is 2.38. The van der Waals surface area contributed by atoms with E-state index in [1.165, 1.54) is 12.1 Å². The van der Waals surface area contributed by atoms with Crippen molar-refractivity contribution in [2.45, 2.75) is 0 Å². The predicted octanol–water partition coefficient (Wildman–Crippen LogP) is 0.909. The van der Waals surface area contributed by atoms with E-state index in [0.29, 0.717) is 0 Å². The fourth-order valence-corrected chi connectivity index (χ4v) is 1.22. The van der Waals surface area contributed by atoms with E-state index in [9.17, 15) is 14.8 Å². The summed E-state index contributed by atoms with van der Waals surface area (Å²) in [7, 11) is 0. The van der Waals surface area contributed by atoms with Crippen molar-refractivity contribution in [3.8, 4) is 5.75 Å². The first kappa shape index (κ1) is 8.00. The van der Waals surface area contributed by atoms with Crippen molar-refractivity contribution in [3.63, 3.8) is 0 Å². The van der Waals surface area contributed by atoms with Crippen molar-refractivity contribution in [2.75, 3.05) is 0 Å². The molecular weight excluding hydrogens is 198 g/mol. The molecule has 0 bridgehead atoms. The second kappa shape index (κ2) is 2.43. The number of carbonyl (C=O) groups excluding carboxylic acids is 1. The van der Waals surface area contributed by atoms with Crippen molar-refractivity contribution in [2.24, 2.45) is 0 Å². The minimum Gasteiger partial charge on any atom is -0.867 e. The predicted molar refractivity (Wildman–Crippen MR) is 39.6 cm³/mol. The molecule has 0 atom stereocenters. The van der Waals surface area contributed by atoms with E-state index in [4.69, 9.17) is 11.6 Å². The maximum atomic E-state index is 11.2. The molecule has 13 heavy (non-hydrogen) atoms. The van der Waals surface area contributed by atoms with Crippen LogP contribution in [0.25, 0.3) is 0 Å².